The Balaban J connectivity index is 1.26. The van der Waals surface area contributed by atoms with Crippen LogP contribution in [0.3, 0.4) is 0 Å². The molecule has 0 radical (unpaired) electrons. The van der Waals surface area contributed by atoms with E-state index in [-0.39, 0.29) is 5.91 Å². The summed E-state index contributed by atoms with van der Waals surface area (Å²) >= 11 is 3.69. The molecule has 3 aromatic rings. The van der Waals surface area contributed by atoms with Gasteiger partial charge in [0.05, 0.1) is 23.2 Å². The average Bonchev–Trinajstić information content (AvgIpc) is 3.38. The monoisotopic (exact) mass is 569 g/mol. The fourth-order valence-electron chi connectivity index (χ4n) is 5.19. The predicted octanol–water partition coefficient (Wildman–Crippen LogP) is 3.97. The molecule has 2 aliphatic heterocycles. The van der Waals surface area contributed by atoms with E-state index in [4.69, 9.17) is 9.72 Å². The van der Waals surface area contributed by atoms with Crippen LogP contribution in [0.15, 0.2) is 34.9 Å². The highest BCUT2D eigenvalue weighted by Crippen LogP contribution is 2.33. The lowest BCUT2D eigenvalue weighted by Gasteiger charge is -2.36. The molecule has 2 fully saturated rings. The lowest BCUT2D eigenvalue weighted by Crippen LogP contribution is -2.49. The predicted molar refractivity (Wildman–Crippen MR) is 151 cm³/mol. The van der Waals surface area contributed by atoms with E-state index in [1.807, 2.05) is 11.1 Å². The first-order chi connectivity index (χ1) is 18.1. The summed E-state index contributed by atoms with van der Waals surface area (Å²) in [7, 11) is 1.63. The second-order valence-corrected chi connectivity index (χ2v) is 10.6. The van der Waals surface area contributed by atoms with Gasteiger partial charge in [-0.3, -0.25) is 4.79 Å². The molecule has 2 N–H and O–H groups in total. The fourth-order valence-corrected chi connectivity index (χ4v) is 5.60. The maximum atomic E-state index is 12.3. The third-order valence-corrected chi connectivity index (χ3v) is 8.11. The van der Waals surface area contributed by atoms with E-state index in [1.165, 1.54) is 0 Å². The van der Waals surface area contributed by atoms with Crippen molar-refractivity contribution in [3.8, 4) is 11.4 Å². The topological polar surface area (TPSA) is 89.6 Å². The molecule has 9 nitrogen and oxygen atoms in total. The van der Waals surface area contributed by atoms with E-state index >= 15 is 0 Å². The molecular formula is C27H36BrN7O2. The molecule has 1 amide bonds. The number of nitrogens with zero attached hydrogens (tertiary/aromatic N) is 5. The number of amides is 1. The second kappa shape index (κ2) is 11.8. The number of likely N-dealkylation sites (tertiary alicyclic amines) is 1. The third kappa shape index (κ3) is 5.91. The van der Waals surface area contributed by atoms with E-state index in [0.717, 1.165) is 97.1 Å². The number of piperazine rings is 1. The summed E-state index contributed by atoms with van der Waals surface area (Å²) in [4.78, 5) is 31.9. The number of methoxy groups -OCH3 is 1. The van der Waals surface area contributed by atoms with Crippen molar-refractivity contribution in [3.63, 3.8) is 0 Å². The van der Waals surface area contributed by atoms with Gasteiger partial charge in [0.15, 0.2) is 5.65 Å². The van der Waals surface area contributed by atoms with Crippen LogP contribution in [0.2, 0.25) is 0 Å². The number of halogens is 1. The third-order valence-electron chi connectivity index (χ3n) is 7.51. The molecule has 0 unspecified atom stereocenters. The van der Waals surface area contributed by atoms with Crippen LogP contribution in [0.4, 0.5) is 11.4 Å². The van der Waals surface area contributed by atoms with Crippen LogP contribution in [0, 0.1) is 0 Å². The van der Waals surface area contributed by atoms with Crippen molar-refractivity contribution in [2.45, 2.75) is 32.2 Å². The molecular weight excluding hydrogens is 534 g/mol. The SMILES string of the molecule is CCN1CCC(Nc2c(Br)cnc3[nH]c(-c4ccc(N5CCN(C(=O)CCOC)CC5)cc4)nc23)CC1. The van der Waals surface area contributed by atoms with Gasteiger partial charge in [0.25, 0.3) is 0 Å². The summed E-state index contributed by atoms with van der Waals surface area (Å²) in [6.07, 6.45) is 4.54. The van der Waals surface area contributed by atoms with Crippen molar-refractivity contribution in [1.29, 1.82) is 0 Å². The number of ether oxygens (including phenoxy) is 1. The Bertz CT molecular complexity index is 1200. The van der Waals surface area contributed by atoms with Gasteiger partial charge in [0.1, 0.15) is 11.3 Å². The van der Waals surface area contributed by atoms with Crippen LogP contribution in [0.5, 0.6) is 0 Å². The maximum absolute atomic E-state index is 12.3. The van der Waals surface area contributed by atoms with Crippen LogP contribution in [0.25, 0.3) is 22.6 Å². The van der Waals surface area contributed by atoms with Crippen LogP contribution >= 0.6 is 15.9 Å². The van der Waals surface area contributed by atoms with Crippen molar-refractivity contribution in [2.75, 3.05) is 69.7 Å². The molecule has 0 saturated carbocycles. The van der Waals surface area contributed by atoms with E-state index in [1.54, 1.807) is 7.11 Å². The fraction of sp³-hybridized carbons (Fsp3) is 0.519. The zero-order valence-electron chi connectivity index (χ0n) is 21.7. The molecule has 0 aliphatic carbocycles. The van der Waals surface area contributed by atoms with Gasteiger partial charge in [-0.15, -0.1) is 0 Å². The smallest absolute Gasteiger partial charge is 0.225 e. The van der Waals surface area contributed by atoms with Gasteiger partial charge in [-0.05, 0) is 59.6 Å². The summed E-state index contributed by atoms with van der Waals surface area (Å²) in [5.74, 6) is 0.979. The number of hydrogen-bond donors (Lipinski definition) is 2. The highest BCUT2D eigenvalue weighted by molar-refractivity contribution is 9.10. The maximum Gasteiger partial charge on any atom is 0.225 e. The Hall–Kier alpha value is -2.69. The number of anilines is 2. The quantitative estimate of drug-likeness (QED) is 0.424. The summed E-state index contributed by atoms with van der Waals surface area (Å²) < 4.78 is 5.97. The van der Waals surface area contributed by atoms with Crippen LogP contribution in [-0.2, 0) is 9.53 Å². The first-order valence-corrected chi connectivity index (χ1v) is 14.0. The number of aromatic amines is 1. The molecule has 4 heterocycles. The molecule has 2 aromatic heterocycles. The first kappa shape index (κ1) is 25.9. The number of H-pyrrole nitrogens is 1. The molecule has 1 aromatic carbocycles. The lowest BCUT2D eigenvalue weighted by molar-refractivity contribution is -0.132. The number of aromatic nitrogens is 3. The number of carbonyl (C=O) groups excluding carboxylic acids is 1. The molecule has 2 saturated heterocycles. The molecule has 198 valence electrons. The summed E-state index contributed by atoms with van der Waals surface area (Å²) in [5.41, 5.74) is 4.83. The second-order valence-electron chi connectivity index (χ2n) is 9.77. The first-order valence-electron chi connectivity index (χ1n) is 13.2. The zero-order valence-corrected chi connectivity index (χ0v) is 23.3. The van der Waals surface area contributed by atoms with E-state index in [0.29, 0.717) is 19.1 Å². The number of piperidine rings is 1. The number of fused-ring (bicyclic) bond motifs is 1. The van der Waals surface area contributed by atoms with Crippen molar-refractivity contribution in [3.05, 3.63) is 34.9 Å². The van der Waals surface area contributed by atoms with E-state index in [2.05, 4.69) is 72.2 Å². The molecule has 37 heavy (non-hydrogen) atoms. The minimum absolute atomic E-state index is 0.169. The number of rotatable bonds is 8. The van der Waals surface area contributed by atoms with Crippen LogP contribution in [0.1, 0.15) is 26.2 Å². The summed E-state index contributed by atoms with van der Waals surface area (Å²) in [5, 5.41) is 3.74. The standard InChI is InChI=1S/C27H36BrN7O2/c1-3-33-11-8-20(9-12-33)30-24-22(28)18-29-27-25(24)31-26(32-27)19-4-6-21(7-5-19)34-13-15-35(16-14-34)23(36)10-17-37-2/h4-7,18,20H,3,8-17H2,1-2H3,(H2,29,30,31,32). The Morgan fingerprint density at radius 2 is 1.86 bits per heavy atom. The van der Waals surface area contributed by atoms with E-state index in [9.17, 15) is 4.79 Å². The van der Waals surface area contributed by atoms with E-state index < -0.39 is 0 Å². The minimum Gasteiger partial charge on any atom is -0.384 e. The zero-order chi connectivity index (χ0) is 25.8. The Morgan fingerprint density at radius 3 is 2.54 bits per heavy atom. The Kier molecular flexibility index (Phi) is 8.26. The number of pyridine rings is 1. The summed E-state index contributed by atoms with van der Waals surface area (Å²) in [6.45, 7) is 9.19. The molecule has 0 spiro atoms. The molecule has 0 bridgehead atoms. The molecule has 2 aliphatic rings. The van der Waals surface area contributed by atoms with Gasteiger partial charge in [-0.25, -0.2) is 9.97 Å². The highest BCUT2D eigenvalue weighted by atomic mass is 79.9. The van der Waals surface area contributed by atoms with Gasteiger partial charge in [-0.1, -0.05) is 6.92 Å². The van der Waals surface area contributed by atoms with Crippen molar-refractivity contribution >= 4 is 44.4 Å². The Morgan fingerprint density at radius 1 is 1.14 bits per heavy atom. The number of imidazole rings is 1. The molecule has 5 rings (SSSR count). The number of carbonyl (C=O) groups is 1. The minimum atomic E-state index is 0.169. The summed E-state index contributed by atoms with van der Waals surface area (Å²) in [6, 6.07) is 8.90. The van der Waals surface area contributed by atoms with Crippen molar-refractivity contribution in [2.24, 2.45) is 0 Å². The van der Waals surface area contributed by atoms with Crippen molar-refractivity contribution in [1.82, 2.24) is 24.8 Å². The van der Waals surface area contributed by atoms with Crippen LogP contribution in [-0.4, -0.2) is 96.2 Å². The van der Waals surface area contributed by atoms with Gasteiger partial charge in [0.2, 0.25) is 5.91 Å². The number of benzene rings is 1. The molecule has 10 heteroatoms. The molecule has 0 atom stereocenters. The largest absolute Gasteiger partial charge is 0.384 e. The van der Waals surface area contributed by atoms with Gasteiger partial charge in [-0.2, -0.15) is 0 Å². The normalized spacial score (nSPS) is 17.5. The average molecular weight is 571 g/mol. The van der Waals surface area contributed by atoms with Gasteiger partial charge >= 0.3 is 0 Å². The lowest BCUT2D eigenvalue weighted by atomic mass is 10.0. The Labute approximate surface area is 226 Å². The number of hydrogen-bond acceptors (Lipinski definition) is 7. The number of nitrogens with one attached hydrogen (secondary N) is 2. The highest BCUT2D eigenvalue weighted by Gasteiger charge is 2.23. The van der Waals surface area contributed by atoms with Crippen molar-refractivity contribution < 1.29 is 9.53 Å². The van der Waals surface area contributed by atoms with Gasteiger partial charge < -0.3 is 29.7 Å². The van der Waals surface area contributed by atoms with Gasteiger partial charge in [0, 0.05) is 69.9 Å². The van der Waals surface area contributed by atoms with Crippen LogP contribution < -0.4 is 10.2 Å².